The Hall–Kier alpha value is -2.64. The molecule has 5 rings (SSSR count). The number of ether oxygens (including phenoxy) is 1. The molecular weight excluding hydrogens is 354 g/mol. The number of piperidine rings is 1. The van der Waals surface area contributed by atoms with Crippen LogP contribution in [0.25, 0.3) is 21.9 Å². The average molecular weight is 379 g/mol. The van der Waals surface area contributed by atoms with Crippen LogP contribution in [0.15, 0.2) is 30.3 Å². The van der Waals surface area contributed by atoms with Gasteiger partial charge in [0.15, 0.2) is 0 Å². The van der Waals surface area contributed by atoms with Crippen LogP contribution in [0.1, 0.15) is 23.2 Å². The van der Waals surface area contributed by atoms with E-state index in [-0.39, 0.29) is 5.91 Å². The normalized spacial score (nSPS) is 18.9. The highest BCUT2D eigenvalue weighted by molar-refractivity contribution is 6.08. The predicted molar refractivity (Wildman–Crippen MR) is 110 cm³/mol. The van der Waals surface area contributed by atoms with Crippen LogP contribution in [0, 0.1) is 0 Å². The number of hydrogen-bond acceptors (Lipinski definition) is 5. The Balaban J connectivity index is 1.47. The molecule has 0 radical (unpaired) electrons. The number of anilines is 1. The molecule has 28 heavy (non-hydrogen) atoms. The first-order valence-corrected chi connectivity index (χ1v) is 9.99. The van der Waals surface area contributed by atoms with Gasteiger partial charge in [-0.05, 0) is 43.2 Å². The summed E-state index contributed by atoms with van der Waals surface area (Å²) in [5.74, 6) is 1.05. The summed E-state index contributed by atoms with van der Waals surface area (Å²) < 4.78 is 5.34. The molecule has 0 unspecified atom stereocenters. The van der Waals surface area contributed by atoms with Gasteiger partial charge in [-0.25, -0.2) is 4.98 Å². The van der Waals surface area contributed by atoms with Crippen molar-refractivity contribution in [1.29, 1.82) is 0 Å². The van der Waals surface area contributed by atoms with Gasteiger partial charge in [-0.15, -0.1) is 0 Å². The Morgan fingerprint density at radius 3 is 2.64 bits per heavy atom. The number of carbonyl (C=O) groups is 1. The van der Waals surface area contributed by atoms with E-state index < -0.39 is 0 Å². The minimum Gasteiger partial charge on any atom is -0.378 e. The SMILES string of the molecule is NC1CCN(c2ccc3[nH]c4cc(C(=O)N5CCOCC5)ccc4c3n2)CC1. The Morgan fingerprint density at radius 2 is 1.86 bits per heavy atom. The average Bonchev–Trinajstić information content (AvgIpc) is 3.11. The first-order valence-electron chi connectivity index (χ1n) is 9.99. The zero-order chi connectivity index (χ0) is 19.1. The van der Waals surface area contributed by atoms with Crippen molar-refractivity contribution in [2.45, 2.75) is 18.9 Å². The molecule has 0 aliphatic carbocycles. The van der Waals surface area contributed by atoms with Gasteiger partial charge in [-0.3, -0.25) is 4.79 Å². The molecule has 2 aromatic heterocycles. The molecule has 1 amide bonds. The van der Waals surface area contributed by atoms with E-state index in [1.54, 1.807) is 0 Å². The zero-order valence-corrected chi connectivity index (χ0v) is 15.9. The zero-order valence-electron chi connectivity index (χ0n) is 15.9. The van der Waals surface area contributed by atoms with Gasteiger partial charge < -0.3 is 25.3 Å². The molecule has 7 nitrogen and oxygen atoms in total. The van der Waals surface area contributed by atoms with E-state index in [0.29, 0.717) is 37.9 Å². The number of pyridine rings is 1. The summed E-state index contributed by atoms with van der Waals surface area (Å²) in [4.78, 5) is 25.3. The van der Waals surface area contributed by atoms with E-state index in [4.69, 9.17) is 15.5 Å². The molecule has 3 N–H and O–H groups in total. The van der Waals surface area contributed by atoms with Crippen LogP contribution in [0.5, 0.6) is 0 Å². The van der Waals surface area contributed by atoms with Crippen molar-refractivity contribution in [3.63, 3.8) is 0 Å². The van der Waals surface area contributed by atoms with Crippen LogP contribution < -0.4 is 10.6 Å². The molecule has 4 heterocycles. The number of nitrogens with one attached hydrogen (secondary N) is 1. The van der Waals surface area contributed by atoms with Gasteiger partial charge in [0.2, 0.25) is 0 Å². The molecule has 2 aliphatic rings. The summed E-state index contributed by atoms with van der Waals surface area (Å²) in [5.41, 5.74) is 9.61. The number of rotatable bonds is 2. The van der Waals surface area contributed by atoms with Crippen molar-refractivity contribution in [3.8, 4) is 0 Å². The second kappa shape index (κ2) is 7.07. The van der Waals surface area contributed by atoms with Gasteiger partial charge in [0.05, 0.1) is 24.2 Å². The molecule has 2 fully saturated rings. The molecule has 3 aromatic rings. The highest BCUT2D eigenvalue weighted by atomic mass is 16.5. The quantitative estimate of drug-likeness (QED) is 0.712. The minimum absolute atomic E-state index is 0.0576. The third-order valence-electron chi connectivity index (χ3n) is 5.83. The van der Waals surface area contributed by atoms with Crippen molar-refractivity contribution in [2.75, 3.05) is 44.3 Å². The van der Waals surface area contributed by atoms with Gasteiger partial charge in [0, 0.05) is 48.7 Å². The maximum atomic E-state index is 12.8. The van der Waals surface area contributed by atoms with E-state index in [1.807, 2.05) is 23.1 Å². The number of aromatic nitrogens is 2. The summed E-state index contributed by atoms with van der Waals surface area (Å²) in [6.45, 7) is 4.39. The lowest BCUT2D eigenvalue weighted by Crippen LogP contribution is -2.40. The smallest absolute Gasteiger partial charge is 0.254 e. The summed E-state index contributed by atoms with van der Waals surface area (Å²) >= 11 is 0. The molecule has 2 aliphatic heterocycles. The summed E-state index contributed by atoms with van der Waals surface area (Å²) in [6.07, 6.45) is 2.00. The fourth-order valence-electron chi connectivity index (χ4n) is 4.14. The first-order chi connectivity index (χ1) is 13.7. The van der Waals surface area contributed by atoms with Crippen LogP contribution in [0.3, 0.4) is 0 Å². The maximum Gasteiger partial charge on any atom is 0.254 e. The van der Waals surface area contributed by atoms with Crippen LogP contribution in [-0.4, -0.2) is 66.2 Å². The number of hydrogen-bond donors (Lipinski definition) is 2. The standard InChI is InChI=1S/C21H25N5O2/c22-15-5-7-25(8-6-15)19-4-3-17-20(24-19)16-2-1-14(13-18(16)23-17)21(27)26-9-11-28-12-10-26/h1-4,13,15,23H,5-12,22H2. The fraction of sp³-hybridized carbons (Fsp3) is 0.429. The number of nitrogens with two attached hydrogens (primary N) is 1. The topological polar surface area (TPSA) is 87.5 Å². The molecule has 0 bridgehead atoms. The number of fused-ring (bicyclic) bond motifs is 3. The lowest BCUT2D eigenvalue weighted by molar-refractivity contribution is 0.0303. The van der Waals surface area contributed by atoms with Crippen molar-refractivity contribution in [2.24, 2.45) is 5.73 Å². The van der Waals surface area contributed by atoms with E-state index >= 15 is 0 Å². The Labute approximate surface area is 163 Å². The van der Waals surface area contributed by atoms with Gasteiger partial charge in [-0.2, -0.15) is 0 Å². The number of H-pyrrole nitrogens is 1. The lowest BCUT2D eigenvalue weighted by Gasteiger charge is -2.31. The largest absolute Gasteiger partial charge is 0.378 e. The Bertz CT molecular complexity index is 1020. The van der Waals surface area contributed by atoms with Crippen molar-refractivity contribution < 1.29 is 9.53 Å². The van der Waals surface area contributed by atoms with Crippen LogP contribution in [0.2, 0.25) is 0 Å². The van der Waals surface area contributed by atoms with Gasteiger partial charge >= 0.3 is 0 Å². The molecule has 7 heteroatoms. The van der Waals surface area contributed by atoms with E-state index in [9.17, 15) is 4.79 Å². The number of aromatic amines is 1. The lowest BCUT2D eigenvalue weighted by atomic mass is 10.1. The fourth-order valence-corrected chi connectivity index (χ4v) is 4.14. The highest BCUT2D eigenvalue weighted by Crippen LogP contribution is 2.28. The third kappa shape index (κ3) is 3.10. The molecule has 2 saturated heterocycles. The number of amides is 1. The van der Waals surface area contributed by atoms with Crippen LogP contribution >= 0.6 is 0 Å². The summed E-state index contributed by atoms with van der Waals surface area (Å²) in [5, 5.41) is 1.05. The maximum absolute atomic E-state index is 12.8. The van der Waals surface area contributed by atoms with E-state index in [1.165, 1.54) is 0 Å². The van der Waals surface area contributed by atoms with Crippen molar-refractivity contribution in [1.82, 2.24) is 14.9 Å². The number of nitrogens with zero attached hydrogens (tertiary/aromatic N) is 3. The molecule has 146 valence electrons. The van der Waals surface area contributed by atoms with Crippen molar-refractivity contribution >= 4 is 33.7 Å². The molecule has 0 spiro atoms. The third-order valence-corrected chi connectivity index (χ3v) is 5.83. The Morgan fingerprint density at radius 1 is 1.07 bits per heavy atom. The molecule has 1 aromatic carbocycles. The first kappa shape index (κ1) is 17.5. The molecule has 0 atom stereocenters. The Kier molecular flexibility index (Phi) is 4.41. The van der Waals surface area contributed by atoms with Gasteiger partial charge in [0.1, 0.15) is 5.82 Å². The van der Waals surface area contributed by atoms with Crippen LogP contribution in [0.4, 0.5) is 5.82 Å². The van der Waals surface area contributed by atoms with Crippen molar-refractivity contribution in [3.05, 3.63) is 35.9 Å². The monoisotopic (exact) mass is 379 g/mol. The highest BCUT2D eigenvalue weighted by Gasteiger charge is 2.20. The molecule has 0 saturated carbocycles. The minimum atomic E-state index is 0.0576. The molecular formula is C21H25N5O2. The van der Waals surface area contributed by atoms with Gasteiger partial charge in [-0.1, -0.05) is 0 Å². The number of morpholine rings is 1. The number of benzene rings is 1. The second-order valence-electron chi connectivity index (χ2n) is 7.68. The van der Waals surface area contributed by atoms with Crippen LogP contribution in [-0.2, 0) is 4.74 Å². The summed E-state index contributed by atoms with van der Waals surface area (Å²) in [7, 11) is 0. The van der Waals surface area contributed by atoms with E-state index in [0.717, 1.165) is 53.7 Å². The van der Waals surface area contributed by atoms with Gasteiger partial charge in [0.25, 0.3) is 5.91 Å². The summed E-state index contributed by atoms with van der Waals surface area (Å²) in [6, 6.07) is 10.3. The second-order valence-corrected chi connectivity index (χ2v) is 7.68. The predicted octanol–water partition coefficient (Wildman–Crippen LogP) is 2.12. The van der Waals surface area contributed by atoms with E-state index in [2.05, 4.69) is 22.0 Å². The number of carbonyl (C=O) groups excluding carboxylic acids is 1.